The quantitative estimate of drug-likeness (QED) is 0.632. The number of hydrogen-bond acceptors (Lipinski definition) is 2. The lowest BCUT2D eigenvalue weighted by atomic mass is 10.2. The fourth-order valence-corrected chi connectivity index (χ4v) is 2.99. The minimum Gasteiger partial charge on any atom is -0.316 e. The molecular weight excluding hydrogens is 436 g/mol. The van der Waals surface area contributed by atoms with Gasteiger partial charge < -0.3 is 9.97 Å². The van der Waals surface area contributed by atoms with Crippen LogP contribution in [0.25, 0.3) is 12.2 Å². The average molecular weight is 448 g/mol. The fraction of sp³-hybridized carbons (Fsp3) is 0. The zero-order valence-electron chi connectivity index (χ0n) is 12.3. The molecule has 0 fully saturated rings. The molecule has 1 heterocycles. The molecule has 0 amide bonds. The van der Waals surface area contributed by atoms with E-state index in [0.29, 0.717) is 0 Å². The number of H-pyrrole nitrogens is 2. The average Bonchev–Trinajstić information content (AvgIpc) is 2.56. The molecule has 0 atom stereocenters. The number of hydrogen-bond donors (Lipinski definition) is 2. The normalized spacial score (nSPS) is 12.6. The highest BCUT2D eigenvalue weighted by Crippen LogP contribution is 2.16. The van der Waals surface area contributed by atoms with Crippen LogP contribution in [0.15, 0.2) is 67.1 Å². The third-order valence-corrected chi connectivity index (χ3v) is 4.84. The summed E-state index contributed by atoms with van der Waals surface area (Å²) in [4.78, 5) is 29.8. The molecule has 0 spiro atoms. The van der Waals surface area contributed by atoms with Crippen molar-refractivity contribution in [3.63, 3.8) is 0 Å². The Bertz CT molecular complexity index is 1040. The summed E-state index contributed by atoms with van der Waals surface area (Å²) in [5.74, 6) is 0. The van der Waals surface area contributed by atoms with E-state index in [2.05, 4.69) is 41.8 Å². The van der Waals surface area contributed by atoms with E-state index >= 15 is 0 Å². The minimum atomic E-state index is -0.358. The predicted molar refractivity (Wildman–Crippen MR) is 102 cm³/mol. The molecule has 0 aliphatic carbocycles. The van der Waals surface area contributed by atoms with Crippen LogP contribution in [-0.4, -0.2) is 9.97 Å². The van der Waals surface area contributed by atoms with Gasteiger partial charge in [0.25, 0.3) is 11.1 Å². The molecule has 2 aromatic carbocycles. The molecule has 3 rings (SSSR count). The molecule has 120 valence electrons. The summed E-state index contributed by atoms with van der Waals surface area (Å²) in [6.45, 7) is 0. The maximum atomic E-state index is 12.3. The molecule has 0 aliphatic heterocycles. The molecular formula is C18H12Br2N2O2. The second kappa shape index (κ2) is 7.15. The SMILES string of the molecule is O=c1[nH]/c(=C\c2ccccc2Br)c(=O)[nH]/c1=C\c1ccccc1Br. The van der Waals surface area contributed by atoms with Crippen LogP contribution in [0.1, 0.15) is 11.1 Å². The summed E-state index contributed by atoms with van der Waals surface area (Å²) >= 11 is 6.83. The number of rotatable bonds is 2. The maximum absolute atomic E-state index is 12.3. The van der Waals surface area contributed by atoms with Gasteiger partial charge in [-0.05, 0) is 35.4 Å². The van der Waals surface area contributed by atoms with Crippen molar-refractivity contribution in [1.82, 2.24) is 9.97 Å². The van der Waals surface area contributed by atoms with Gasteiger partial charge in [0.2, 0.25) is 0 Å². The number of aromatic amines is 2. The second-order valence-corrected chi connectivity index (χ2v) is 6.78. The Morgan fingerprint density at radius 3 is 1.42 bits per heavy atom. The van der Waals surface area contributed by atoms with Crippen molar-refractivity contribution in [3.05, 3.63) is 100 Å². The molecule has 0 radical (unpaired) electrons. The second-order valence-electron chi connectivity index (χ2n) is 5.07. The monoisotopic (exact) mass is 446 g/mol. The highest BCUT2D eigenvalue weighted by atomic mass is 79.9. The number of halogens is 2. The van der Waals surface area contributed by atoms with Gasteiger partial charge in [0, 0.05) is 8.95 Å². The van der Waals surface area contributed by atoms with Crippen LogP contribution >= 0.6 is 31.9 Å². The molecule has 4 nitrogen and oxygen atoms in total. The van der Waals surface area contributed by atoms with Gasteiger partial charge in [-0.15, -0.1) is 0 Å². The van der Waals surface area contributed by atoms with Crippen LogP contribution in [0.4, 0.5) is 0 Å². The Labute approximate surface area is 153 Å². The van der Waals surface area contributed by atoms with Gasteiger partial charge >= 0.3 is 0 Å². The smallest absolute Gasteiger partial charge is 0.272 e. The number of nitrogens with one attached hydrogen (secondary N) is 2. The number of aromatic nitrogens is 2. The van der Waals surface area contributed by atoms with Gasteiger partial charge in [0.05, 0.1) is 0 Å². The Kier molecular flexibility index (Phi) is 4.97. The first-order chi connectivity index (χ1) is 11.5. The largest absolute Gasteiger partial charge is 0.316 e. The van der Waals surface area contributed by atoms with E-state index in [4.69, 9.17) is 0 Å². The molecule has 1 aromatic heterocycles. The van der Waals surface area contributed by atoms with E-state index in [-0.39, 0.29) is 21.8 Å². The highest BCUT2D eigenvalue weighted by molar-refractivity contribution is 9.10. The summed E-state index contributed by atoms with van der Waals surface area (Å²) in [5, 5.41) is 0.410. The molecule has 6 heteroatoms. The molecule has 0 unspecified atom stereocenters. The van der Waals surface area contributed by atoms with Gasteiger partial charge in [0.1, 0.15) is 10.7 Å². The zero-order valence-corrected chi connectivity index (χ0v) is 15.5. The first kappa shape index (κ1) is 16.7. The summed E-state index contributed by atoms with van der Waals surface area (Å²) in [6.07, 6.45) is 3.26. The molecule has 2 N–H and O–H groups in total. The third kappa shape index (κ3) is 3.66. The summed E-state index contributed by atoms with van der Waals surface area (Å²) < 4.78 is 1.68. The van der Waals surface area contributed by atoms with Crippen molar-refractivity contribution in [2.24, 2.45) is 0 Å². The highest BCUT2D eigenvalue weighted by Gasteiger charge is 2.00. The van der Waals surface area contributed by atoms with E-state index in [1.165, 1.54) is 0 Å². The zero-order chi connectivity index (χ0) is 17.1. The van der Waals surface area contributed by atoms with Crippen LogP contribution in [0, 0.1) is 0 Å². The third-order valence-electron chi connectivity index (χ3n) is 3.40. The Balaban J connectivity index is 2.18. The number of benzene rings is 2. The van der Waals surface area contributed by atoms with Gasteiger partial charge in [-0.2, -0.15) is 0 Å². The van der Waals surface area contributed by atoms with Crippen molar-refractivity contribution in [2.45, 2.75) is 0 Å². The molecule has 0 bridgehead atoms. The predicted octanol–water partition coefficient (Wildman–Crippen LogP) is 2.25. The van der Waals surface area contributed by atoms with Gasteiger partial charge in [0.15, 0.2) is 0 Å². The molecule has 0 aliphatic rings. The molecule has 0 saturated heterocycles. The summed E-state index contributed by atoms with van der Waals surface area (Å²) in [5.41, 5.74) is 0.898. The lowest BCUT2D eigenvalue weighted by Crippen LogP contribution is -2.46. The first-order valence-corrected chi connectivity index (χ1v) is 8.68. The molecule has 24 heavy (non-hydrogen) atoms. The first-order valence-electron chi connectivity index (χ1n) is 7.10. The van der Waals surface area contributed by atoms with Gasteiger partial charge in [-0.3, -0.25) is 9.59 Å². The Hall–Kier alpha value is -2.18. The van der Waals surface area contributed by atoms with Crippen molar-refractivity contribution in [2.75, 3.05) is 0 Å². The standard InChI is InChI=1S/C18H12Br2N2O2/c19-13-7-3-1-5-11(13)9-15-17(23)22-16(18(24)21-15)10-12-6-2-4-8-14(12)20/h1-10H,(H,21,24)(H,22,23)/b15-9-,16-10-. The van der Waals surface area contributed by atoms with Crippen LogP contribution in [0.2, 0.25) is 0 Å². The fourth-order valence-electron chi connectivity index (χ4n) is 2.19. The van der Waals surface area contributed by atoms with Crippen LogP contribution < -0.4 is 21.8 Å². The van der Waals surface area contributed by atoms with E-state index in [1.54, 1.807) is 12.2 Å². The van der Waals surface area contributed by atoms with Crippen molar-refractivity contribution < 1.29 is 0 Å². The summed E-state index contributed by atoms with van der Waals surface area (Å²) in [7, 11) is 0. The molecule has 3 aromatic rings. The van der Waals surface area contributed by atoms with Crippen molar-refractivity contribution >= 4 is 44.0 Å². The van der Waals surface area contributed by atoms with Gasteiger partial charge in [-0.25, -0.2) is 0 Å². The lowest BCUT2D eigenvalue weighted by Gasteiger charge is -1.98. The Morgan fingerprint density at radius 1 is 0.667 bits per heavy atom. The molecule has 0 saturated carbocycles. The topological polar surface area (TPSA) is 65.7 Å². The van der Waals surface area contributed by atoms with Gasteiger partial charge in [-0.1, -0.05) is 68.3 Å². The van der Waals surface area contributed by atoms with Crippen LogP contribution in [0.3, 0.4) is 0 Å². The van der Waals surface area contributed by atoms with Crippen molar-refractivity contribution in [1.29, 1.82) is 0 Å². The van der Waals surface area contributed by atoms with E-state index in [0.717, 1.165) is 20.1 Å². The Morgan fingerprint density at radius 2 is 1.04 bits per heavy atom. The van der Waals surface area contributed by atoms with E-state index in [9.17, 15) is 9.59 Å². The van der Waals surface area contributed by atoms with Crippen LogP contribution in [0.5, 0.6) is 0 Å². The van der Waals surface area contributed by atoms with E-state index < -0.39 is 0 Å². The lowest BCUT2D eigenvalue weighted by molar-refractivity contribution is 1.00. The summed E-state index contributed by atoms with van der Waals surface area (Å²) in [6, 6.07) is 14.9. The minimum absolute atomic E-state index is 0.205. The maximum Gasteiger partial charge on any atom is 0.272 e. The van der Waals surface area contributed by atoms with Crippen molar-refractivity contribution in [3.8, 4) is 0 Å². The van der Waals surface area contributed by atoms with Crippen LogP contribution in [-0.2, 0) is 0 Å². The van der Waals surface area contributed by atoms with E-state index in [1.807, 2.05) is 48.5 Å².